The van der Waals surface area contributed by atoms with Crippen molar-refractivity contribution in [1.82, 2.24) is 0 Å². The van der Waals surface area contributed by atoms with Crippen molar-refractivity contribution in [2.75, 3.05) is 5.32 Å². The SMILES string of the molecule is NCc1cc(NC(=O)CCc2ccco2)ccc1F. The average molecular weight is 262 g/mol. The number of nitrogens with two attached hydrogens (primary N) is 1. The van der Waals surface area contributed by atoms with Crippen LogP contribution in [-0.2, 0) is 17.8 Å². The van der Waals surface area contributed by atoms with E-state index in [1.165, 1.54) is 12.1 Å². The first-order valence-corrected chi connectivity index (χ1v) is 6.00. The molecule has 2 rings (SSSR count). The first kappa shape index (κ1) is 13.3. The van der Waals surface area contributed by atoms with Crippen LogP contribution in [0, 0.1) is 5.82 Å². The molecule has 1 aromatic heterocycles. The van der Waals surface area contributed by atoms with Crippen molar-refractivity contribution in [2.24, 2.45) is 5.73 Å². The zero-order valence-electron chi connectivity index (χ0n) is 10.4. The number of nitrogens with one attached hydrogen (secondary N) is 1. The highest BCUT2D eigenvalue weighted by atomic mass is 19.1. The number of hydrogen-bond donors (Lipinski definition) is 2. The van der Waals surface area contributed by atoms with Crippen LogP contribution in [-0.4, -0.2) is 5.91 Å². The molecule has 0 spiro atoms. The number of furan rings is 1. The summed E-state index contributed by atoms with van der Waals surface area (Å²) in [4.78, 5) is 11.7. The highest BCUT2D eigenvalue weighted by molar-refractivity contribution is 5.90. The average Bonchev–Trinajstić information content (AvgIpc) is 2.92. The summed E-state index contributed by atoms with van der Waals surface area (Å²) in [6.07, 6.45) is 2.41. The Bertz CT molecular complexity index is 553. The molecule has 100 valence electrons. The summed E-state index contributed by atoms with van der Waals surface area (Å²) in [5.74, 6) is 0.249. The van der Waals surface area contributed by atoms with Gasteiger partial charge in [-0.1, -0.05) is 0 Å². The third kappa shape index (κ3) is 3.66. The molecule has 0 radical (unpaired) electrons. The molecule has 1 aromatic carbocycles. The van der Waals surface area contributed by atoms with E-state index >= 15 is 0 Å². The Morgan fingerprint density at radius 1 is 1.37 bits per heavy atom. The van der Waals surface area contributed by atoms with Crippen LogP contribution in [0.4, 0.5) is 10.1 Å². The molecule has 0 bridgehead atoms. The molecule has 3 N–H and O–H groups in total. The van der Waals surface area contributed by atoms with Crippen LogP contribution in [0.25, 0.3) is 0 Å². The Morgan fingerprint density at radius 3 is 2.89 bits per heavy atom. The van der Waals surface area contributed by atoms with Crippen LogP contribution in [0.3, 0.4) is 0 Å². The van der Waals surface area contributed by atoms with Gasteiger partial charge in [-0.3, -0.25) is 4.79 Å². The van der Waals surface area contributed by atoms with Gasteiger partial charge in [-0.15, -0.1) is 0 Å². The summed E-state index contributed by atoms with van der Waals surface area (Å²) in [6, 6.07) is 7.95. The first-order chi connectivity index (χ1) is 9.19. The Morgan fingerprint density at radius 2 is 2.21 bits per heavy atom. The Labute approximate surface area is 110 Å². The molecular formula is C14H15FN2O2. The lowest BCUT2D eigenvalue weighted by atomic mass is 10.2. The first-order valence-electron chi connectivity index (χ1n) is 6.00. The smallest absolute Gasteiger partial charge is 0.224 e. The molecule has 0 atom stereocenters. The molecule has 0 fully saturated rings. The maximum atomic E-state index is 13.2. The second-order valence-corrected chi connectivity index (χ2v) is 4.14. The van der Waals surface area contributed by atoms with Crippen molar-refractivity contribution >= 4 is 11.6 Å². The number of anilines is 1. The second-order valence-electron chi connectivity index (χ2n) is 4.14. The van der Waals surface area contributed by atoms with Gasteiger partial charge in [0.25, 0.3) is 0 Å². The fourth-order valence-corrected chi connectivity index (χ4v) is 1.72. The van der Waals surface area contributed by atoms with Gasteiger partial charge in [0.15, 0.2) is 0 Å². The second kappa shape index (κ2) is 6.15. The van der Waals surface area contributed by atoms with Gasteiger partial charge < -0.3 is 15.5 Å². The van der Waals surface area contributed by atoms with Gasteiger partial charge in [0.2, 0.25) is 5.91 Å². The molecule has 5 heteroatoms. The van der Waals surface area contributed by atoms with Crippen LogP contribution in [0.5, 0.6) is 0 Å². The fraction of sp³-hybridized carbons (Fsp3) is 0.214. The van der Waals surface area contributed by atoms with E-state index in [-0.39, 0.29) is 18.3 Å². The lowest BCUT2D eigenvalue weighted by Crippen LogP contribution is -2.13. The van der Waals surface area contributed by atoms with E-state index in [2.05, 4.69) is 5.32 Å². The van der Waals surface area contributed by atoms with E-state index in [1.54, 1.807) is 18.4 Å². The predicted octanol–water partition coefficient (Wildman–Crippen LogP) is 2.45. The van der Waals surface area contributed by atoms with Crippen LogP contribution in [0.2, 0.25) is 0 Å². The van der Waals surface area contributed by atoms with Gasteiger partial charge in [-0.2, -0.15) is 0 Å². The molecule has 1 heterocycles. The number of aryl methyl sites for hydroxylation is 1. The molecule has 1 amide bonds. The van der Waals surface area contributed by atoms with Gasteiger partial charge in [0.1, 0.15) is 11.6 Å². The minimum absolute atomic E-state index is 0.0991. The van der Waals surface area contributed by atoms with E-state index in [4.69, 9.17) is 10.2 Å². The van der Waals surface area contributed by atoms with Crippen LogP contribution in [0.1, 0.15) is 17.7 Å². The third-order valence-corrected chi connectivity index (χ3v) is 2.73. The minimum atomic E-state index is -0.365. The zero-order chi connectivity index (χ0) is 13.7. The fourth-order valence-electron chi connectivity index (χ4n) is 1.72. The highest BCUT2D eigenvalue weighted by Crippen LogP contribution is 2.15. The Balaban J connectivity index is 1.91. The summed E-state index contributed by atoms with van der Waals surface area (Å²) in [6.45, 7) is 0.0991. The van der Waals surface area contributed by atoms with Crippen molar-refractivity contribution in [1.29, 1.82) is 0 Å². The summed E-state index contributed by atoms with van der Waals surface area (Å²) < 4.78 is 18.4. The normalized spacial score (nSPS) is 10.4. The zero-order valence-corrected chi connectivity index (χ0v) is 10.4. The van der Waals surface area contributed by atoms with Gasteiger partial charge >= 0.3 is 0 Å². The highest BCUT2D eigenvalue weighted by Gasteiger charge is 2.07. The quantitative estimate of drug-likeness (QED) is 0.869. The topological polar surface area (TPSA) is 68.3 Å². The molecule has 0 saturated heterocycles. The van der Waals surface area contributed by atoms with E-state index < -0.39 is 0 Å². The van der Waals surface area contributed by atoms with E-state index in [0.717, 1.165) is 5.76 Å². The van der Waals surface area contributed by atoms with Gasteiger partial charge in [0, 0.05) is 30.6 Å². The van der Waals surface area contributed by atoms with Crippen LogP contribution >= 0.6 is 0 Å². The Hall–Kier alpha value is -2.14. The number of carbonyl (C=O) groups is 1. The molecule has 4 nitrogen and oxygen atoms in total. The molecule has 2 aromatic rings. The Kier molecular flexibility index (Phi) is 4.30. The number of hydrogen-bond acceptors (Lipinski definition) is 3. The van der Waals surface area contributed by atoms with E-state index in [9.17, 15) is 9.18 Å². The number of benzene rings is 1. The molecule has 19 heavy (non-hydrogen) atoms. The standard InChI is InChI=1S/C14H15FN2O2/c15-13-5-3-11(8-10(13)9-16)17-14(18)6-4-12-2-1-7-19-12/h1-3,5,7-8H,4,6,9,16H2,(H,17,18). The molecule has 0 saturated carbocycles. The molecule has 0 aliphatic carbocycles. The number of rotatable bonds is 5. The maximum absolute atomic E-state index is 13.2. The number of amides is 1. The van der Waals surface area contributed by atoms with E-state index in [1.807, 2.05) is 6.07 Å². The summed E-state index contributed by atoms with van der Waals surface area (Å²) in [5, 5.41) is 2.70. The van der Waals surface area contributed by atoms with Crippen molar-refractivity contribution in [3.05, 3.63) is 53.7 Å². The van der Waals surface area contributed by atoms with E-state index in [0.29, 0.717) is 24.1 Å². The maximum Gasteiger partial charge on any atom is 0.224 e. The predicted molar refractivity (Wildman–Crippen MR) is 70.0 cm³/mol. The molecule has 0 aliphatic rings. The number of halogens is 1. The monoisotopic (exact) mass is 262 g/mol. The van der Waals surface area contributed by atoms with Gasteiger partial charge in [0.05, 0.1) is 6.26 Å². The summed E-state index contributed by atoms with van der Waals surface area (Å²) in [5.41, 5.74) is 6.33. The molecule has 0 aliphatic heterocycles. The van der Waals surface area contributed by atoms with Gasteiger partial charge in [-0.25, -0.2) is 4.39 Å². The molecular weight excluding hydrogens is 247 g/mol. The van der Waals surface area contributed by atoms with Crippen molar-refractivity contribution in [2.45, 2.75) is 19.4 Å². The number of carbonyl (C=O) groups excluding carboxylic acids is 1. The van der Waals surface area contributed by atoms with Crippen molar-refractivity contribution in [3.63, 3.8) is 0 Å². The van der Waals surface area contributed by atoms with Gasteiger partial charge in [-0.05, 0) is 30.3 Å². The van der Waals surface area contributed by atoms with Crippen molar-refractivity contribution < 1.29 is 13.6 Å². The summed E-state index contributed by atoms with van der Waals surface area (Å²) >= 11 is 0. The van der Waals surface area contributed by atoms with Crippen LogP contribution < -0.4 is 11.1 Å². The lowest BCUT2D eigenvalue weighted by Gasteiger charge is -2.07. The lowest BCUT2D eigenvalue weighted by molar-refractivity contribution is -0.116. The largest absolute Gasteiger partial charge is 0.469 e. The van der Waals surface area contributed by atoms with Crippen molar-refractivity contribution in [3.8, 4) is 0 Å². The third-order valence-electron chi connectivity index (χ3n) is 2.73. The minimum Gasteiger partial charge on any atom is -0.469 e. The van der Waals surface area contributed by atoms with Crippen LogP contribution in [0.15, 0.2) is 41.0 Å². The molecule has 0 unspecified atom stereocenters. The summed E-state index contributed by atoms with van der Waals surface area (Å²) in [7, 11) is 0.